The zero-order valence-corrected chi connectivity index (χ0v) is 11.2. The maximum absolute atomic E-state index is 12.3. The summed E-state index contributed by atoms with van der Waals surface area (Å²) in [7, 11) is 0. The summed E-state index contributed by atoms with van der Waals surface area (Å²) >= 11 is 11.6. The molecule has 1 aromatic rings. The molecule has 2 unspecified atom stereocenters. The highest BCUT2D eigenvalue weighted by atomic mass is 35.5. The molecule has 92 valence electrons. The summed E-state index contributed by atoms with van der Waals surface area (Å²) in [5.41, 5.74) is 0.326. The number of likely N-dealkylation sites (tertiary alicyclic amines) is 1. The number of rotatable bonds is 1. The van der Waals surface area contributed by atoms with Gasteiger partial charge in [0.2, 0.25) is 0 Å². The standard InChI is InChI=1S/C11H13Cl2N3O/c1-6-3-7(2)16(5-6)11(17)8-4-9(12)14-15-10(8)13/h4,6-7H,3,5H2,1-2H3. The van der Waals surface area contributed by atoms with E-state index in [0.29, 0.717) is 11.5 Å². The zero-order chi connectivity index (χ0) is 12.6. The minimum atomic E-state index is -0.122. The van der Waals surface area contributed by atoms with Gasteiger partial charge in [-0.15, -0.1) is 10.2 Å². The monoisotopic (exact) mass is 273 g/mol. The van der Waals surface area contributed by atoms with Gasteiger partial charge in [0.15, 0.2) is 10.3 Å². The van der Waals surface area contributed by atoms with Gasteiger partial charge in [0.05, 0.1) is 5.56 Å². The number of amides is 1. The summed E-state index contributed by atoms with van der Waals surface area (Å²) in [6.07, 6.45) is 1.01. The van der Waals surface area contributed by atoms with Crippen LogP contribution in [-0.4, -0.2) is 33.6 Å². The lowest BCUT2D eigenvalue weighted by Gasteiger charge is -2.21. The SMILES string of the molecule is CC1CC(C)N(C(=O)c2cc(Cl)nnc2Cl)C1. The van der Waals surface area contributed by atoms with Crippen LogP contribution in [0.3, 0.4) is 0 Å². The normalized spacial score (nSPS) is 24.1. The van der Waals surface area contributed by atoms with Crippen LogP contribution in [0.25, 0.3) is 0 Å². The first-order chi connectivity index (χ1) is 7.99. The van der Waals surface area contributed by atoms with Crippen molar-refractivity contribution in [2.75, 3.05) is 6.54 Å². The Bertz CT molecular complexity index is 452. The van der Waals surface area contributed by atoms with Crippen LogP contribution in [0.15, 0.2) is 6.07 Å². The summed E-state index contributed by atoms with van der Waals surface area (Å²) in [5.74, 6) is 0.390. The number of carbonyl (C=O) groups excluding carboxylic acids is 1. The van der Waals surface area contributed by atoms with Crippen molar-refractivity contribution in [3.8, 4) is 0 Å². The smallest absolute Gasteiger partial charge is 0.257 e. The predicted octanol–water partition coefficient (Wildman–Crippen LogP) is 2.65. The summed E-state index contributed by atoms with van der Waals surface area (Å²) < 4.78 is 0. The van der Waals surface area contributed by atoms with E-state index in [9.17, 15) is 4.79 Å². The Morgan fingerprint density at radius 2 is 2.12 bits per heavy atom. The van der Waals surface area contributed by atoms with Gasteiger partial charge >= 0.3 is 0 Å². The third-order valence-corrected chi connectivity index (χ3v) is 3.46. The molecule has 0 radical (unpaired) electrons. The van der Waals surface area contributed by atoms with Gasteiger partial charge in [0.25, 0.3) is 5.91 Å². The number of carbonyl (C=O) groups is 1. The van der Waals surface area contributed by atoms with E-state index < -0.39 is 0 Å². The molecule has 2 rings (SSSR count). The summed E-state index contributed by atoms with van der Waals surface area (Å²) in [6.45, 7) is 4.91. The van der Waals surface area contributed by atoms with E-state index in [-0.39, 0.29) is 22.3 Å². The van der Waals surface area contributed by atoms with Crippen molar-refractivity contribution in [2.24, 2.45) is 5.92 Å². The van der Waals surface area contributed by atoms with Gasteiger partial charge in [-0.25, -0.2) is 0 Å². The molecule has 0 N–H and O–H groups in total. The Morgan fingerprint density at radius 1 is 1.41 bits per heavy atom. The second kappa shape index (κ2) is 4.78. The first kappa shape index (κ1) is 12.6. The average molecular weight is 274 g/mol. The maximum Gasteiger partial charge on any atom is 0.257 e. The van der Waals surface area contributed by atoms with Crippen molar-refractivity contribution in [3.63, 3.8) is 0 Å². The van der Waals surface area contributed by atoms with Gasteiger partial charge < -0.3 is 4.90 Å². The quantitative estimate of drug-likeness (QED) is 0.790. The lowest BCUT2D eigenvalue weighted by atomic mass is 10.1. The second-order valence-electron chi connectivity index (χ2n) is 4.52. The van der Waals surface area contributed by atoms with Gasteiger partial charge in [0, 0.05) is 12.6 Å². The van der Waals surface area contributed by atoms with Crippen molar-refractivity contribution in [1.29, 1.82) is 0 Å². The third-order valence-electron chi connectivity index (χ3n) is 2.99. The minimum Gasteiger partial charge on any atom is -0.336 e. The van der Waals surface area contributed by atoms with Gasteiger partial charge in [-0.05, 0) is 25.3 Å². The van der Waals surface area contributed by atoms with Gasteiger partial charge in [-0.2, -0.15) is 0 Å². The predicted molar refractivity (Wildman–Crippen MR) is 66.3 cm³/mol. The lowest BCUT2D eigenvalue weighted by molar-refractivity contribution is 0.0743. The average Bonchev–Trinajstić information content (AvgIpc) is 2.60. The van der Waals surface area contributed by atoms with Gasteiger partial charge in [-0.1, -0.05) is 30.1 Å². The molecule has 4 nitrogen and oxygen atoms in total. The molecule has 6 heteroatoms. The molecular weight excluding hydrogens is 261 g/mol. The molecule has 0 spiro atoms. The highest BCUT2D eigenvalue weighted by Gasteiger charge is 2.31. The highest BCUT2D eigenvalue weighted by Crippen LogP contribution is 2.26. The first-order valence-corrected chi connectivity index (χ1v) is 6.24. The second-order valence-corrected chi connectivity index (χ2v) is 5.26. The molecule has 1 aliphatic heterocycles. The van der Waals surface area contributed by atoms with Crippen LogP contribution in [0.5, 0.6) is 0 Å². The topological polar surface area (TPSA) is 46.1 Å². The molecule has 1 aromatic heterocycles. The summed E-state index contributed by atoms with van der Waals surface area (Å²) in [6, 6.07) is 1.69. The van der Waals surface area contributed by atoms with Crippen molar-refractivity contribution < 1.29 is 4.79 Å². The van der Waals surface area contributed by atoms with Crippen LogP contribution in [0.1, 0.15) is 30.6 Å². The van der Waals surface area contributed by atoms with Gasteiger partial charge in [-0.3, -0.25) is 4.79 Å². The Kier molecular flexibility index (Phi) is 3.54. The van der Waals surface area contributed by atoms with E-state index in [0.717, 1.165) is 13.0 Å². The molecule has 1 fully saturated rings. The number of halogens is 2. The molecule has 17 heavy (non-hydrogen) atoms. The van der Waals surface area contributed by atoms with Crippen LogP contribution in [0, 0.1) is 5.92 Å². The molecule has 1 aliphatic rings. The molecular formula is C11H13Cl2N3O. The fraction of sp³-hybridized carbons (Fsp3) is 0.545. The molecule has 2 heterocycles. The molecule has 0 aliphatic carbocycles. The zero-order valence-electron chi connectivity index (χ0n) is 9.65. The van der Waals surface area contributed by atoms with Crippen LogP contribution < -0.4 is 0 Å². The van der Waals surface area contributed by atoms with E-state index in [1.807, 2.05) is 11.8 Å². The molecule has 0 bridgehead atoms. The number of hydrogen-bond donors (Lipinski definition) is 0. The fourth-order valence-corrected chi connectivity index (χ4v) is 2.56. The Balaban J connectivity index is 2.28. The van der Waals surface area contributed by atoms with E-state index in [1.165, 1.54) is 6.07 Å². The maximum atomic E-state index is 12.3. The van der Waals surface area contributed by atoms with E-state index >= 15 is 0 Å². The fourth-order valence-electron chi connectivity index (χ4n) is 2.24. The van der Waals surface area contributed by atoms with Crippen LogP contribution in [0.2, 0.25) is 10.3 Å². The van der Waals surface area contributed by atoms with Crippen molar-refractivity contribution >= 4 is 29.1 Å². The molecule has 1 saturated heterocycles. The molecule has 2 atom stereocenters. The Labute approximate surface area is 110 Å². The van der Waals surface area contributed by atoms with Crippen LogP contribution in [-0.2, 0) is 0 Å². The van der Waals surface area contributed by atoms with Crippen molar-refractivity contribution in [3.05, 3.63) is 21.9 Å². The van der Waals surface area contributed by atoms with E-state index in [1.54, 1.807) is 0 Å². The van der Waals surface area contributed by atoms with E-state index in [4.69, 9.17) is 23.2 Å². The number of aromatic nitrogens is 2. The minimum absolute atomic E-state index is 0.103. The molecule has 0 saturated carbocycles. The highest BCUT2D eigenvalue weighted by molar-refractivity contribution is 6.34. The number of hydrogen-bond acceptors (Lipinski definition) is 3. The third kappa shape index (κ3) is 2.53. The number of nitrogens with zero attached hydrogens (tertiary/aromatic N) is 3. The van der Waals surface area contributed by atoms with Crippen LogP contribution >= 0.6 is 23.2 Å². The Morgan fingerprint density at radius 3 is 2.71 bits per heavy atom. The first-order valence-electron chi connectivity index (χ1n) is 5.48. The molecule has 1 amide bonds. The lowest BCUT2D eigenvalue weighted by Crippen LogP contribution is -2.34. The van der Waals surface area contributed by atoms with Gasteiger partial charge in [0.1, 0.15) is 0 Å². The summed E-state index contributed by atoms with van der Waals surface area (Å²) in [4.78, 5) is 14.1. The summed E-state index contributed by atoms with van der Waals surface area (Å²) in [5, 5.41) is 7.53. The van der Waals surface area contributed by atoms with Crippen molar-refractivity contribution in [2.45, 2.75) is 26.3 Å². The largest absolute Gasteiger partial charge is 0.336 e. The Hall–Kier alpha value is -0.870. The van der Waals surface area contributed by atoms with E-state index in [2.05, 4.69) is 17.1 Å². The van der Waals surface area contributed by atoms with Crippen LogP contribution in [0.4, 0.5) is 0 Å². The molecule has 0 aromatic carbocycles. The van der Waals surface area contributed by atoms with Crippen molar-refractivity contribution in [1.82, 2.24) is 15.1 Å².